The molecule has 18 heavy (non-hydrogen) atoms. The van der Waals surface area contributed by atoms with Crippen LogP contribution in [-0.2, 0) is 6.18 Å². The molecule has 1 aromatic heterocycles. The molecular weight excluding hydrogens is 243 g/mol. The van der Waals surface area contributed by atoms with E-state index >= 15 is 0 Å². The first-order valence-corrected chi connectivity index (χ1v) is 6.12. The summed E-state index contributed by atoms with van der Waals surface area (Å²) in [6.07, 6.45) is -1.35. The first-order valence-electron chi connectivity index (χ1n) is 6.12. The summed E-state index contributed by atoms with van der Waals surface area (Å²) < 4.78 is 38.5. The highest BCUT2D eigenvalue weighted by Gasteiger charge is 2.32. The van der Waals surface area contributed by atoms with Crippen molar-refractivity contribution in [3.63, 3.8) is 0 Å². The van der Waals surface area contributed by atoms with E-state index in [0.29, 0.717) is 12.5 Å². The zero-order chi connectivity index (χ0) is 13.8. The van der Waals surface area contributed by atoms with Crippen LogP contribution < -0.4 is 5.32 Å². The Hall–Kier alpha value is -1.04. The van der Waals surface area contributed by atoms with Gasteiger partial charge in [-0.3, -0.25) is 4.68 Å². The van der Waals surface area contributed by atoms with Crippen LogP contribution in [0.15, 0.2) is 12.4 Å². The fraction of sp³-hybridized carbons (Fsp3) is 0.750. The number of nitrogens with one attached hydrogen (secondary N) is 1. The number of aromatic nitrogens is 2. The molecule has 0 spiro atoms. The fourth-order valence-electron chi connectivity index (χ4n) is 1.52. The standard InChI is InChI=1S/C12H20F3N3/c1-9(2)4-5-16-6-10(3)18-8-11(7-17-18)12(13,14)15/h7-10,16H,4-6H2,1-3H3. The summed E-state index contributed by atoms with van der Waals surface area (Å²) in [5.74, 6) is 0.620. The second-order valence-corrected chi connectivity index (χ2v) is 4.94. The molecule has 0 aliphatic heterocycles. The predicted molar refractivity (Wildman–Crippen MR) is 64.3 cm³/mol. The maximum absolute atomic E-state index is 12.4. The Morgan fingerprint density at radius 1 is 1.33 bits per heavy atom. The smallest absolute Gasteiger partial charge is 0.315 e. The van der Waals surface area contributed by atoms with Gasteiger partial charge in [-0.05, 0) is 25.8 Å². The Labute approximate surface area is 105 Å². The van der Waals surface area contributed by atoms with E-state index in [9.17, 15) is 13.2 Å². The second-order valence-electron chi connectivity index (χ2n) is 4.94. The minimum Gasteiger partial charge on any atom is -0.315 e. The molecular formula is C12H20F3N3. The van der Waals surface area contributed by atoms with Crippen LogP contribution in [0.3, 0.4) is 0 Å². The van der Waals surface area contributed by atoms with Gasteiger partial charge in [0.25, 0.3) is 0 Å². The number of rotatable bonds is 6. The molecule has 0 saturated heterocycles. The molecule has 1 atom stereocenters. The normalized spacial score (nSPS) is 14.2. The summed E-state index contributed by atoms with van der Waals surface area (Å²) >= 11 is 0. The van der Waals surface area contributed by atoms with Crippen LogP contribution in [-0.4, -0.2) is 22.9 Å². The van der Waals surface area contributed by atoms with Crippen LogP contribution >= 0.6 is 0 Å². The molecule has 0 fully saturated rings. The van der Waals surface area contributed by atoms with Crippen LogP contribution in [0.4, 0.5) is 13.2 Å². The van der Waals surface area contributed by atoms with E-state index in [1.54, 1.807) is 0 Å². The van der Waals surface area contributed by atoms with E-state index in [-0.39, 0.29) is 6.04 Å². The molecule has 1 unspecified atom stereocenters. The van der Waals surface area contributed by atoms with Gasteiger partial charge in [0.2, 0.25) is 0 Å². The van der Waals surface area contributed by atoms with Crippen molar-refractivity contribution in [1.29, 1.82) is 0 Å². The molecule has 1 aromatic rings. The van der Waals surface area contributed by atoms with Crippen LogP contribution in [0, 0.1) is 5.92 Å². The molecule has 0 radical (unpaired) electrons. The summed E-state index contributed by atoms with van der Waals surface area (Å²) in [6.45, 7) is 7.60. The van der Waals surface area contributed by atoms with Crippen molar-refractivity contribution in [3.8, 4) is 0 Å². The Balaban J connectivity index is 2.42. The first-order chi connectivity index (χ1) is 8.30. The minimum absolute atomic E-state index is 0.0896. The van der Waals surface area contributed by atoms with E-state index in [2.05, 4.69) is 24.3 Å². The largest absolute Gasteiger partial charge is 0.419 e. The highest BCUT2D eigenvalue weighted by molar-refractivity contribution is 5.08. The molecule has 0 saturated carbocycles. The SMILES string of the molecule is CC(C)CCNCC(C)n1cc(C(F)(F)F)cn1. The van der Waals surface area contributed by atoms with E-state index in [1.165, 1.54) is 4.68 Å². The van der Waals surface area contributed by atoms with Gasteiger partial charge >= 0.3 is 6.18 Å². The van der Waals surface area contributed by atoms with Gasteiger partial charge in [0.1, 0.15) is 0 Å². The van der Waals surface area contributed by atoms with Crippen molar-refractivity contribution in [2.75, 3.05) is 13.1 Å². The van der Waals surface area contributed by atoms with Crippen LogP contribution in [0.2, 0.25) is 0 Å². The molecule has 0 amide bonds. The van der Waals surface area contributed by atoms with Gasteiger partial charge in [-0.1, -0.05) is 13.8 Å². The Morgan fingerprint density at radius 3 is 2.50 bits per heavy atom. The first kappa shape index (κ1) is 15.0. The van der Waals surface area contributed by atoms with Crippen LogP contribution in [0.5, 0.6) is 0 Å². The highest BCUT2D eigenvalue weighted by atomic mass is 19.4. The average molecular weight is 263 g/mol. The third kappa shape index (κ3) is 4.68. The third-order valence-electron chi connectivity index (χ3n) is 2.72. The lowest BCUT2D eigenvalue weighted by Crippen LogP contribution is -2.25. The molecule has 0 aliphatic rings. The van der Waals surface area contributed by atoms with Gasteiger partial charge in [-0.15, -0.1) is 0 Å². The fourth-order valence-corrected chi connectivity index (χ4v) is 1.52. The Bertz CT molecular complexity index is 358. The maximum atomic E-state index is 12.4. The van der Waals surface area contributed by atoms with E-state index in [0.717, 1.165) is 25.4 Å². The molecule has 1 rings (SSSR count). The van der Waals surface area contributed by atoms with Gasteiger partial charge in [0.05, 0.1) is 17.8 Å². The lowest BCUT2D eigenvalue weighted by Gasteiger charge is -2.14. The van der Waals surface area contributed by atoms with Gasteiger partial charge in [0, 0.05) is 12.7 Å². The van der Waals surface area contributed by atoms with Crippen molar-refractivity contribution in [2.45, 2.75) is 39.4 Å². The molecule has 3 nitrogen and oxygen atoms in total. The minimum atomic E-state index is -4.32. The van der Waals surface area contributed by atoms with Gasteiger partial charge in [-0.2, -0.15) is 18.3 Å². The summed E-state index contributed by atoms with van der Waals surface area (Å²) in [7, 11) is 0. The number of hydrogen-bond acceptors (Lipinski definition) is 2. The monoisotopic (exact) mass is 263 g/mol. The van der Waals surface area contributed by atoms with E-state index in [1.807, 2.05) is 6.92 Å². The molecule has 0 aromatic carbocycles. The Morgan fingerprint density at radius 2 is 2.00 bits per heavy atom. The zero-order valence-corrected chi connectivity index (χ0v) is 11.0. The molecule has 6 heteroatoms. The highest BCUT2D eigenvalue weighted by Crippen LogP contribution is 2.28. The summed E-state index contributed by atoms with van der Waals surface area (Å²) in [6, 6.07) is -0.0896. The number of nitrogens with zero attached hydrogens (tertiary/aromatic N) is 2. The molecule has 1 heterocycles. The van der Waals surface area contributed by atoms with Gasteiger partial charge in [-0.25, -0.2) is 0 Å². The molecule has 0 aliphatic carbocycles. The van der Waals surface area contributed by atoms with Crippen molar-refractivity contribution in [1.82, 2.24) is 15.1 Å². The zero-order valence-electron chi connectivity index (χ0n) is 11.0. The number of halogens is 3. The summed E-state index contributed by atoms with van der Waals surface area (Å²) in [5, 5.41) is 6.97. The van der Waals surface area contributed by atoms with Crippen LogP contribution in [0.1, 0.15) is 38.8 Å². The van der Waals surface area contributed by atoms with Crippen molar-refractivity contribution in [2.24, 2.45) is 5.92 Å². The third-order valence-corrected chi connectivity index (χ3v) is 2.72. The van der Waals surface area contributed by atoms with Crippen molar-refractivity contribution in [3.05, 3.63) is 18.0 Å². The summed E-state index contributed by atoms with van der Waals surface area (Å²) in [4.78, 5) is 0. The van der Waals surface area contributed by atoms with Gasteiger partial charge in [0.15, 0.2) is 0 Å². The molecule has 104 valence electrons. The topological polar surface area (TPSA) is 29.9 Å². The molecule has 1 N–H and O–H groups in total. The van der Waals surface area contributed by atoms with Crippen molar-refractivity contribution < 1.29 is 13.2 Å². The average Bonchev–Trinajstić information content (AvgIpc) is 2.72. The van der Waals surface area contributed by atoms with Crippen LogP contribution in [0.25, 0.3) is 0 Å². The lowest BCUT2D eigenvalue weighted by atomic mass is 10.1. The van der Waals surface area contributed by atoms with Gasteiger partial charge < -0.3 is 5.32 Å². The predicted octanol–water partition coefficient (Wildman–Crippen LogP) is 3.10. The van der Waals surface area contributed by atoms with E-state index in [4.69, 9.17) is 0 Å². The Kier molecular flexibility index (Phi) is 5.19. The summed E-state index contributed by atoms with van der Waals surface area (Å²) in [5.41, 5.74) is -0.698. The van der Waals surface area contributed by atoms with Crippen molar-refractivity contribution >= 4 is 0 Å². The number of alkyl halides is 3. The lowest BCUT2D eigenvalue weighted by molar-refractivity contribution is -0.137. The number of hydrogen-bond donors (Lipinski definition) is 1. The van der Waals surface area contributed by atoms with E-state index < -0.39 is 11.7 Å². The second kappa shape index (κ2) is 6.22. The maximum Gasteiger partial charge on any atom is 0.419 e. The quantitative estimate of drug-likeness (QED) is 0.799. The molecule has 0 bridgehead atoms.